The Bertz CT molecular complexity index is 427. The molecule has 0 fully saturated rings. The summed E-state index contributed by atoms with van der Waals surface area (Å²) in [5, 5.41) is 6.21. The first-order chi connectivity index (χ1) is 9.10. The molecule has 0 spiro atoms. The largest absolute Gasteiger partial charge is 0.369 e. The molecular weight excluding hydrogens is 310 g/mol. The minimum atomic E-state index is 0.0241. The number of amides is 1. The lowest BCUT2D eigenvalue weighted by Gasteiger charge is -2.16. The highest BCUT2D eigenvalue weighted by Crippen LogP contribution is 2.26. The molecule has 0 bridgehead atoms. The Morgan fingerprint density at radius 2 is 1.95 bits per heavy atom. The number of rotatable bonds is 7. The van der Waals surface area contributed by atoms with Gasteiger partial charge in [0, 0.05) is 20.1 Å². The predicted octanol–water partition coefficient (Wildman–Crippen LogP) is 1.95. The van der Waals surface area contributed by atoms with Gasteiger partial charge in [-0.05, 0) is 29.3 Å². The Morgan fingerprint density at radius 1 is 1.32 bits per heavy atom. The van der Waals surface area contributed by atoms with E-state index in [1.165, 1.54) is 6.33 Å². The maximum absolute atomic E-state index is 11.7. The van der Waals surface area contributed by atoms with E-state index in [-0.39, 0.29) is 12.5 Å². The molecule has 19 heavy (non-hydrogen) atoms. The van der Waals surface area contributed by atoms with Gasteiger partial charge in [0.2, 0.25) is 5.91 Å². The lowest BCUT2D eigenvalue weighted by Crippen LogP contribution is -2.32. The van der Waals surface area contributed by atoms with E-state index in [0.29, 0.717) is 12.4 Å². The van der Waals surface area contributed by atoms with Gasteiger partial charge < -0.3 is 15.5 Å². The number of carbonyl (C=O) groups is 1. The molecule has 2 N–H and O–H groups in total. The van der Waals surface area contributed by atoms with Crippen LogP contribution in [-0.4, -0.2) is 47.5 Å². The van der Waals surface area contributed by atoms with E-state index in [4.69, 9.17) is 0 Å². The molecule has 1 heterocycles. The number of anilines is 2. The van der Waals surface area contributed by atoms with Crippen molar-refractivity contribution in [2.24, 2.45) is 0 Å². The highest BCUT2D eigenvalue weighted by Gasteiger charge is 2.11. The predicted molar refractivity (Wildman–Crippen MR) is 80.3 cm³/mol. The first-order valence-corrected chi connectivity index (χ1v) is 7.11. The number of aromatic nitrogens is 2. The second kappa shape index (κ2) is 7.93. The average Bonchev–Trinajstić information content (AvgIpc) is 2.43. The number of nitrogens with zero attached hydrogens (tertiary/aromatic N) is 3. The maximum Gasteiger partial charge on any atom is 0.241 e. The van der Waals surface area contributed by atoms with Gasteiger partial charge in [-0.3, -0.25) is 4.79 Å². The lowest BCUT2D eigenvalue weighted by atomic mass is 10.4. The smallest absolute Gasteiger partial charge is 0.241 e. The van der Waals surface area contributed by atoms with E-state index in [9.17, 15) is 4.79 Å². The van der Waals surface area contributed by atoms with Crippen LogP contribution in [-0.2, 0) is 4.79 Å². The third-order valence-corrected chi connectivity index (χ3v) is 3.39. The Hall–Kier alpha value is -1.37. The molecule has 0 atom stereocenters. The third kappa shape index (κ3) is 4.66. The topological polar surface area (TPSA) is 70.1 Å². The number of hydrogen-bond acceptors (Lipinski definition) is 5. The second-order valence-corrected chi connectivity index (χ2v) is 4.87. The molecule has 1 aromatic heterocycles. The molecule has 1 rings (SSSR count). The van der Waals surface area contributed by atoms with E-state index >= 15 is 0 Å². The SMILES string of the molecule is CCCNc1ncnc(NCC(=O)N(C)CC)c1Br. The van der Waals surface area contributed by atoms with Crippen LogP contribution in [0.2, 0.25) is 0 Å². The molecule has 0 aliphatic carbocycles. The van der Waals surface area contributed by atoms with Crippen molar-refractivity contribution in [3.05, 3.63) is 10.8 Å². The van der Waals surface area contributed by atoms with E-state index in [1.54, 1.807) is 11.9 Å². The average molecular weight is 330 g/mol. The number of carbonyl (C=O) groups excluding carboxylic acids is 1. The molecule has 0 unspecified atom stereocenters. The van der Waals surface area contributed by atoms with Gasteiger partial charge in [0.05, 0.1) is 6.54 Å². The molecule has 0 aliphatic heterocycles. The van der Waals surface area contributed by atoms with Crippen molar-refractivity contribution >= 4 is 33.5 Å². The van der Waals surface area contributed by atoms with Gasteiger partial charge in [0.1, 0.15) is 22.4 Å². The zero-order valence-corrected chi connectivity index (χ0v) is 13.1. The highest BCUT2D eigenvalue weighted by molar-refractivity contribution is 9.10. The monoisotopic (exact) mass is 329 g/mol. The fourth-order valence-electron chi connectivity index (χ4n) is 1.33. The zero-order valence-electron chi connectivity index (χ0n) is 11.5. The number of likely N-dealkylation sites (N-methyl/N-ethyl adjacent to an activating group) is 1. The summed E-state index contributed by atoms with van der Waals surface area (Å²) in [7, 11) is 1.77. The number of halogens is 1. The van der Waals surface area contributed by atoms with Gasteiger partial charge in [-0.1, -0.05) is 6.92 Å². The maximum atomic E-state index is 11.7. The van der Waals surface area contributed by atoms with Crippen LogP contribution in [0, 0.1) is 0 Å². The van der Waals surface area contributed by atoms with Crippen LogP contribution in [0.4, 0.5) is 11.6 Å². The van der Waals surface area contributed by atoms with Crippen LogP contribution in [0.25, 0.3) is 0 Å². The Kier molecular flexibility index (Phi) is 6.55. The summed E-state index contributed by atoms with van der Waals surface area (Å²) in [6.07, 6.45) is 2.48. The summed E-state index contributed by atoms with van der Waals surface area (Å²) in [4.78, 5) is 21.6. The lowest BCUT2D eigenvalue weighted by molar-refractivity contribution is -0.127. The van der Waals surface area contributed by atoms with Gasteiger partial charge in [-0.15, -0.1) is 0 Å². The van der Waals surface area contributed by atoms with Crippen LogP contribution < -0.4 is 10.6 Å². The molecule has 0 saturated carbocycles. The molecule has 106 valence electrons. The van der Waals surface area contributed by atoms with Crippen molar-refractivity contribution in [3.8, 4) is 0 Å². The van der Waals surface area contributed by atoms with Crippen LogP contribution >= 0.6 is 15.9 Å². The third-order valence-electron chi connectivity index (χ3n) is 2.64. The van der Waals surface area contributed by atoms with Gasteiger partial charge in [0.25, 0.3) is 0 Å². The highest BCUT2D eigenvalue weighted by atomic mass is 79.9. The Balaban J connectivity index is 2.66. The first kappa shape index (κ1) is 15.7. The quantitative estimate of drug-likeness (QED) is 0.800. The molecule has 1 amide bonds. The molecule has 0 radical (unpaired) electrons. The molecule has 6 nitrogen and oxygen atoms in total. The molecule has 0 saturated heterocycles. The van der Waals surface area contributed by atoms with Crippen LogP contribution in [0.15, 0.2) is 10.8 Å². The van der Waals surface area contributed by atoms with Crippen LogP contribution in [0.1, 0.15) is 20.3 Å². The number of nitrogens with one attached hydrogen (secondary N) is 2. The summed E-state index contributed by atoms with van der Waals surface area (Å²) in [6, 6.07) is 0. The summed E-state index contributed by atoms with van der Waals surface area (Å²) < 4.78 is 0.746. The first-order valence-electron chi connectivity index (χ1n) is 6.32. The molecular formula is C12H20BrN5O. The normalized spacial score (nSPS) is 10.1. The fraction of sp³-hybridized carbons (Fsp3) is 0.583. The van der Waals surface area contributed by atoms with E-state index in [2.05, 4.69) is 43.5 Å². The van der Waals surface area contributed by atoms with E-state index < -0.39 is 0 Å². The van der Waals surface area contributed by atoms with Crippen molar-refractivity contribution in [1.82, 2.24) is 14.9 Å². The Morgan fingerprint density at radius 3 is 2.53 bits per heavy atom. The van der Waals surface area contributed by atoms with Crippen LogP contribution in [0.5, 0.6) is 0 Å². The molecule has 0 aliphatic rings. The van der Waals surface area contributed by atoms with Gasteiger partial charge in [0.15, 0.2) is 0 Å². The number of hydrogen-bond donors (Lipinski definition) is 2. The molecule has 1 aromatic rings. The molecule has 7 heteroatoms. The van der Waals surface area contributed by atoms with Crippen LogP contribution in [0.3, 0.4) is 0 Å². The van der Waals surface area contributed by atoms with E-state index in [0.717, 1.165) is 23.3 Å². The van der Waals surface area contributed by atoms with Gasteiger partial charge in [-0.2, -0.15) is 0 Å². The van der Waals surface area contributed by atoms with Crippen molar-refractivity contribution in [2.75, 3.05) is 37.3 Å². The standard InChI is InChI=1S/C12H20BrN5O/c1-4-6-14-11-10(13)12(17-8-16-11)15-7-9(19)18(3)5-2/h8H,4-7H2,1-3H3,(H2,14,15,16,17). The van der Waals surface area contributed by atoms with Crippen molar-refractivity contribution in [3.63, 3.8) is 0 Å². The molecule has 0 aromatic carbocycles. The van der Waals surface area contributed by atoms with E-state index in [1.807, 2.05) is 6.92 Å². The van der Waals surface area contributed by atoms with Crippen molar-refractivity contribution in [1.29, 1.82) is 0 Å². The zero-order chi connectivity index (χ0) is 14.3. The van der Waals surface area contributed by atoms with Crippen molar-refractivity contribution < 1.29 is 4.79 Å². The van der Waals surface area contributed by atoms with Crippen molar-refractivity contribution in [2.45, 2.75) is 20.3 Å². The summed E-state index contributed by atoms with van der Waals surface area (Å²) in [5.74, 6) is 1.37. The van der Waals surface area contributed by atoms with Gasteiger partial charge in [-0.25, -0.2) is 9.97 Å². The fourth-order valence-corrected chi connectivity index (χ4v) is 1.82. The minimum Gasteiger partial charge on any atom is -0.369 e. The summed E-state index contributed by atoms with van der Waals surface area (Å²) >= 11 is 3.44. The summed E-state index contributed by atoms with van der Waals surface area (Å²) in [6.45, 7) is 5.76. The minimum absolute atomic E-state index is 0.0241. The summed E-state index contributed by atoms with van der Waals surface area (Å²) in [5.41, 5.74) is 0. The Labute approximate surface area is 122 Å². The van der Waals surface area contributed by atoms with Gasteiger partial charge >= 0.3 is 0 Å². The second-order valence-electron chi connectivity index (χ2n) is 4.07.